The molecule has 0 atom stereocenters. The molecule has 4 rings (SSSR count). The second kappa shape index (κ2) is 7.84. The van der Waals surface area contributed by atoms with E-state index in [4.69, 9.17) is 23.2 Å². The molecule has 1 fully saturated rings. The largest absolute Gasteiger partial charge is 0.339 e. The predicted molar refractivity (Wildman–Crippen MR) is 106 cm³/mol. The molecule has 140 valence electrons. The number of piperazine rings is 1. The first-order chi connectivity index (χ1) is 13.1. The van der Waals surface area contributed by atoms with Crippen LogP contribution in [0, 0.1) is 0 Å². The normalized spacial score (nSPS) is 15.4. The van der Waals surface area contributed by atoms with E-state index in [2.05, 4.69) is 15.2 Å². The predicted octanol–water partition coefficient (Wildman–Crippen LogP) is 3.08. The van der Waals surface area contributed by atoms with Gasteiger partial charge in [0, 0.05) is 32.7 Å². The highest BCUT2D eigenvalue weighted by atomic mass is 35.5. The highest BCUT2D eigenvalue weighted by molar-refractivity contribution is 6.42. The lowest BCUT2D eigenvalue weighted by Crippen LogP contribution is -2.49. The molecule has 1 aliphatic heterocycles. The third kappa shape index (κ3) is 4.08. The van der Waals surface area contributed by atoms with Gasteiger partial charge in [-0.15, -0.1) is 5.10 Å². The van der Waals surface area contributed by atoms with Gasteiger partial charge in [-0.25, -0.2) is 4.68 Å². The van der Waals surface area contributed by atoms with E-state index in [9.17, 15) is 4.79 Å². The lowest BCUT2D eigenvalue weighted by atomic mass is 10.2. The van der Waals surface area contributed by atoms with Crippen LogP contribution in [0.4, 0.5) is 0 Å². The lowest BCUT2D eigenvalue weighted by Gasteiger charge is -2.34. The van der Waals surface area contributed by atoms with Gasteiger partial charge < -0.3 is 4.90 Å². The molecule has 1 aromatic heterocycles. The fourth-order valence-corrected chi connectivity index (χ4v) is 3.63. The first-order valence-electron chi connectivity index (χ1n) is 8.82. The maximum absolute atomic E-state index is 12.6. The highest BCUT2D eigenvalue weighted by Gasteiger charge is 2.22. The van der Waals surface area contributed by atoms with Crippen molar-refractivity contribution in [2.75, 3.05) is 26.2 Å². The Labute approximate surface area is 167 Å². The quantitative estimate of drug-likeness (QED) is 0.671. The van der Waals surface area contributed by atoms with Gasteiger partial charge in [0.05, 0.1) is 15.6 Å². The van der Waals surface area contributed by atoms with Gasteiger partial charge in [0.1, 0.15) is 12.1 Å². The Kier molecular flexibility index (Phi) is 5.29. The van der Waals surface area contributed by atoms with Crippen molar-refractivity contribution in [2.24, 2.45) is 0 Å². The molecule has 0 bridgehead atoms. The van der Waals surface area contributed by atoms with E-state index < -0.39 is 0 Å². The number of halogens is 2. The van der Waals surface area contributed by atoms with Gasteiger partial charge in [-0.2, -0.15) is 0 Å². The molecule has 0 aliphatic carbocycles. The third-order valence-corrected chi connectivity index (χ3v) is 5.56. The van der Waals surface area contributed by atoms with Crippen molar-refractivity contribution < 1.29 is 4.79 Å². The Bertz CT molecular complexity index is 966. The molecule has 2 aromatic carbocycles. The highest BCUT2D eigenvalue weighted by Crippen LogP contribution is 2.23. The summed E-state index contributed by atoms with van der Waals surface area (Å²) in [6.45, 7) is 4.06. The Morgan fingerprint density at radius 2 is 1.78 bits per heavy atom. The van der Waals surface area contributed by atoms with Gasteiger partial charge in [0.2, 0.25) is 5.91 Å². The maximum atomic E-state index is 12.6. The van der Waals surface area contributed by atoms with E-state index >= 15 is 0 Å². The summed E-state index contributed by atoms with van der Waals surface area (Å²) in [6.07, 6.45) is 0. The molecule has 1 saturated heterocycles. The van der Waals surface area contributed by atoms with Gasteiger partial charge in [-0.3, -0.25) is 9.69 Å². The topological polar surface area (TPSA) is 54.3 Å². The van der Waals surface area contributed by atoms with Crippen LogP contribution in [0.25, 0.3) is 11.0 Å². The number of fused-ring (bicyclic) bond motifs is 1. The molecule has 0 radical (unpaired) electrons. The number of nitrogens with zero attached hydrogens (tertiary/aromatic N) is 5. The molecule has 0 saturated carbocycles. The summed E-state index contributed by atoms with van der Waals surface area (Å²) in [4.78, 5) is 16.8. The van der Waals surface area contributed by atoms with Crippen molar-refractivity contribution in [1.29, 1.82) is 0 Å². The second-order valence-corrected chi connectivity index (χ2v) is 7.46. The number of rotatable bonds is 4. The molecular formula is C19H19Cl2N5O. The molecule has 6 nitrogen and oxygen atoms in total. The summed E-state index contributed by atoms with van der Waals surface area (Å²) >= 11 is 12.1. The standard InChI is InChI=1S/C19H19Cl2N5O/c20-15-6-5-14(11-16(15)21)12-24-7-9-25(10-8-24)19(27)13-26-18-4-2-1-3-17(18)22-23-26/h1-6,11H,7-10,12-13H2. The molecule has 0 unspecified atom stereocenters. The van der Waals surface area contributed by atoms with E-state index in [0.29, 0.717) is 23.1 Å². The maximum Gasteiger partial charge on any atom is 0.244 e. The molecule has 2 heterocycles. The average Bonchev–Trinajstić information content (AvgIpc) is 3.08. The van der Waals surface area contributed by atoms with Gasteiger partial charge in [0.15, 0.2) is 0 Å². The van der Waals surface area contributed by atoms with Crippen LogP contribution in [0.15, 0.2) is 42.5 Å². The van der Waals surface area contributed by atoms with Crippen LogP contribution in [0.1, 0.15) is 5.56 Å². The summed E-state index contributed by atoms with van der Waals surface area (Å²) < 4.78 is 1.67. The van der Waals surface area contributed by atoms with Gasteiger partial charge in [0.25, 0.3) is 0 Å². The molecule has 0 spiro atoms. The SMILES string of the molecule is O=C(Cn1nnc2ccccc21)N1CCN(Cc2ccc(Cl)c(Cl)c2)CC1. The van der Waals surface area contributed by atoms with Crippen LogP contribution in [-0.2, 0) is 17.9 Å². The molecule has 0 N–H and O–H groups in total. The number of carbonyl (C=O) groups excluding carboxylic acids is 1. The van der Waals surface area contributed by atoms with Crippen LogP contribution in [0.3, 0.4) is 0 Å². The fraction of sp³-hybridized carbons (Fsp3) is 0.316. The minimum absolute atomic E-state index is 0.0693. The van der Waals surface area contributed by atoms with Crippen LogP contribution >= 0.6 is 23.2 Å². The van der Waals surface area contributed by atoms with Crippen molar-refractivity contribution in [3.05, 3.63) is 58.1 Å². The lowest BCUT2D eigenvalue weighted by molar-refractivity contribution is -0.133. The van der Waals surface area contributed by atoms with Gasteiger partial charge >= 0.3 is 0 Å². The number of para-hydroxylation sites is 1. The van der Waals surface area contributed by atoms with Crippen molar-refractivity contribution in [3.63, 3.8) is 0 Å². The third-order valence-electron chi connectivity index (χ3n) is 4.82. The average molecular weight is 404 g/mol. The zero-order valence-corrected chi connectivity index (χ0v) is 16.2. The van der Waals surface area contributed by atoms with E-state index in [1.807, 2.05) is 47.4 Å². The van der Waals surface area contributed by atoms with Crippen molar-refractivity contribution >= 4 is 40.1 Å². The monoisotopic (exact) mass is 403 g/mol. The molecule has 1 aliphatic rings. The Hall–Kier alpha value is -2.15. The number of aromatic nitrogens is 3. The summed E-state index contributed by atoms with van der Waals surface area (Å²) in [5.41, 5.74) is 2.80. The minimum Gasteiger partial charge on any atom is -0.339 e. The first kappa shape index (κ1) is 18.2. The summed E-state index contributed by atoms with van der Waals surface area (Å²) in [7, 11) is 0. The van der Waals surface area contributed by atoms with Crippen LogP contribution < -0.4 is 0 Å². The smallest absolute Gasteiger partial charge is 0.244 e. The summed E-state index contributed by atoms with van der Waals surface area (Å²) in [6, 6.07) is 13.4. The number of amides is 1. The molecule has 3 aromatic rings. The number of hydrogen-bond donors (Lipinski definition) is 0. The zero-order chi connectivity index (χ0) is 18.8. The van der Waals surface area contributed by atoms with Crippen molar-refractivity contribution in [3.8, 4) is 0 Å². The molecule has 8 heteroatoms. The van der Waals surface area contributed by atoms with Crippen LogP contribution in [0.2, 0.25) is 10.0 Å². The first-order valence-corrected chi connectivity index (χ1v) is 9.58. The van der Waals surface area contributed by atoms with Crippen molar-refractivity contribution in [1.82, 2.24) is 24.8 Å². The van der Waals surface area contributed by atoms with Gasteiger partial charge in [-0.05, 0) is 29.8 Å². The number of benzene rings is 2. The molecule has 1 amide bonds. The fourth-order valence-electron chi connectivity index (χ4n) is 3.31. The second-order valence-electron chi connectivity index (χ2n) is 6.64. The summed E-state index contributed by atoms with van der Waals surface area (Å²) in [5.74, 6) is 0.0693. The van der Waals surface area contributed by atoms with E-state index in [1.165, 1.54) is 0 Å². The Balaban J connectivity index is 1.33. The molecular weight excluding hydrogens is 385 g/mol. The van der Waals surface area contributed by atoms with Crippen LogP contribution in [-0.4, -0.2) is 56.9 Å². The van der Waals surface area contributed by atoms with E-state index in [0.717, 1.165) is 36.2 Å². The zero-order valence-electron chi connectivity index (χ0n) is 14.7. The summed E-state index contributed by atoms with van der Waals surface area (Å²) in [5, 5.41) is 9.34. The number of carbonyl (C=O) groups is 1. The van der Waals surface area contributed by atoms with E-state index in [1.54, 1.807) is 4.68 Å². The van der Waals surface area contributed by atoms with E-state index in [-0.39, 0.29) is 12.5 Å². The van der Waals surface area contributed by atoms with Gasteiger partial charge in [-0.1, -0.05) is 46.6 Å². The molecule has 27 heavy (non-hydrogen) atoms. The van der Waals surface area contributed by atoms with Crippen LogP contribution in [0.5, 0.6) is 0 Å². The minimum atomic E-state index is 0.0693. The Morgan fingerprint density at radius 3 is 2.56 bits per heavy atom. The Morgan fingerprint density at radius 1 is 1.00 bits per heavy atom. The van der Waals surface area contributed by atoms with Crippen molar-refractivity contribution in [2.45, 2.75) is 13.1 Å². The number of hydrogen-bond acceptors (Lipinski definition) is 4.